The van der Waals surface area contributed by atoms with Gasteiger partial charge in [0.15, 0.2) is 0 Å². The predicted molar refractivity (Wildman–Crippen MR) is 77.4 cm³/mol. The van der Waals surface area contributed by atoms with Crippen LogP contribution in [0.3, 0.4) is 0 Å². The van der Waals surface area contributed by atoms with Crippen LogP contribution in [0.25, 0.3) is 0 Å². The molecule has 0 fully saturated rings. The number of rotatable bonds is 6. The molecule has 0 heterocycles. The molecule has 21 heavy (non-hydrogen) atoms. The van der Waals surface area contributed by atoms with Crippen LogP contribution in [-0.4, -0.2) is 23.1 Å². The van der Waals surface area contributed by atoms with Crippen LogP contribution in [0.15, 0.2) is 24.3 Å². The van der Waals surface area contributed by atoms with Crippen molar-refractivity contribution in [1.82, 2.24) is 10.6 Å². The second-order valence-electron chi connectivity index (χ2n) is 5.38. The van der Waals surface area contributed by atoms with E-state index in [4.69, 9.17) is 5.11 Å². The number of urea groups is 1. The zero-order valence-corrected chi connectivity index (χ0v) is 12.4. The first kappa shape index (κ1) is 16.9. The molecule has 1 aromatic rings. The van der Waals surface area contributed by atoms with Gasteiger partial charge in [0, 0.05) is 5.56 Å². The van der Waals surface area contributed by atoms with Crippen LogP contribution in [0.4, 0.5) is 9.18 Å². The van der Waals surface area contributed by atoms with Crippen LogP contribution in [0.5, 0.6) is 0 Å². The van der Waals surface area contributed by atoms with E-state index in [1.165, 1.54) is 6.07 Å². The monoisotopic (exact) mass is 296 g/mol. The largest absolute Gasteiger partial charge is 0.480 e. The Bertz CT molecular complexity index is 505. The SMILES string of the molecule is CC(C)CC(NC(=O)NC(C)c1ccccc1F)C(=O)O. The zero-order valence-electron chi connectivity index (χ0n) is 12.4. The summed E-state index contributed by atoms with van der Waals surface area (Å²) in [7, 11) is 0. The molecule has 6 heteroatoms. The topological polar surface area (TPSA) is 78.4 Å². The van der Waals surface area contributed by atoms with Gasteiger partial charge in [0.1, 0.15) is 11.9 Å². The summed E-state index contributed by atoms with van der Waals surface area (Å²) in [4.78, 5) is 22.9. The van der Waals surface area contributed by atoms with Gasteiger partial charge in [0.2, 0.25) is 0 Å². The maximum atomic E-state index is 13.6. The van der Waals surface area contributed by atoms with Gasteiger partial charge in [-0.05, 0) is 25.3 Å². The normalized spacial score (nSPS) is 13.6. The van der Waals surface area contributed by atoms with E-state index in [0.717, 1.165) is 0 Å². The molecule has 0 aliphatic rings. The number of carbonyl (C=O) groups excluding carboxylic acids is 1. The summed E-state index contributed by atoms with van der Waals surface area (Å²) in [5.74, 6) is -1.37. The Morgan fingerprint density at radius 2 is 1.81 bits per heavy atom. The molecule has 1 aromatic carbocycles. The quantitative estimate of drug-likeness (QED) is 0.755. The molecule has 2 atom stereocenters. The molecule has 0 bridgehead atoms. The van der Waals surface area contributed by atoms with Gasteiger partial charge < -0.3 is 15.7 Å². The molecule has 2 amide bonds. The van der Waals surface area contributed by atoms with Gasteiger partial charge in [-0.1, -0.05) is 32.0 Å². The standard InChI is InChI=1S/C15H21FN2O3/c1-9(2)8-13(14(19)20)18-15(21)17-10(3)11-6-4-5-7-12(11)16/h4-7,9-10,13H,8H2,1-3H3,(H,19,20)(H2,17,18,21). The summed E-state index contributed by atoms with van der Waals surface area (Å²) in [5, 5.41) is 14.0. The second-order valence-corrected chi connectivity index (χ2v) is 5.38. The summed E-state index contributed by atoms with van der Waals surface area (Å²) < 4.78 is 13.6. The smallest absolute Gasteiger partial charge is 0.326 e. The average molecular weight is 296 g/mol. The molecule has 0 spiro atoms. The Morgan fingerprint density at radius 3 is 2.33 bits per heavy atom. The third-order valence-corrected chi connectivity index (χ3v) is 3.03. The van der Waals surface area contributed by atoms with E-state index in [9.17, 15) is 14.0 Å². The van der Waals surface area contributed by atoms with E-state index in [-0.39, 0.29) is 5.92 Å². The van der Waals surface area contributed by atoms with E-state index in [2.05, 4.69) is 10.6 Å². The van der Waals surface area contributed by atoms with Gasteiger partial charge in [-0.15, -0.1) is 0 Å². The molecule has 0 aliphatic heterocycles. The Hall–Kier alpha value is -2.11. The number of carboxylic acids is 1. The summed E-state index contributed by atoms with van der Waals surface area (Å²) >= 11 is 0. The predicted octanol–water partition coefficient (Wildman–Crippen LogP) is 2.69. The first-order chi connectivity index (χ1) is 9.81. The van der Waals surface area contributed by atoms with Crippen LogP contribution in [0.1, 0.15) is 38.8 Å². The first-order valence-corrected chi connectivity index (χ1v) is 6.85. The van der Waals surface area contributed by atoms with Crippen LogP contribution in [0, 0.1) is 11.7 Å². The maximum Gasteiger partial charge on any atom is 0.326 e. The van der Waals surface area contributed by atoms with Crippen molar-refractivity contribution >= 4 is 12.0 Å². The Morgan fingerprint density at radius 1 is 1.19 bits per heavy atom. The van der Waals surface area contributed by atoms with Crippen molar-refractivity contribution in [2.24, 2.45) is 5.92 Å². The average Bonchev–Trinajstić information content (AvgIpc) is 2.37. The third-order valence-electron chi connectivity index (χ3n) is 3.03. The zero-order chi connectivity index (χ0) is 16.0. The van der Waals surface area contributed by atoms with E-state index >= 15 is 0 Å². The number of hydrogen-bond donors (Lipinski definition) is 3. The number of benzene rings is 1. The highest BCUT2D eigenvalue weighted by molar-refractivity contribution is 5.82. The molecule has 0 saturated carbocycles. The van der Waals surface area contributed by atoms with Crippen molar-refractivity contribution in [3.63, 3.8) is 0 Å². The highest BCUT2D eigenvalue weighted by Gasteiger charge is 2.22. The van der Waals surface area contributed by atoms with Crippen LogP contribution >= 0.6 is 0 Å². The lowest BCUT2D eigenvalue weighted by atomic mass is 10.0. The maximum absolute atomic E-state index is 13.6. The molecule has 0 aromatic heterocycles. The van der Waals surface area contributed by atoms with Gasteiger partial charge in [-0.3, -0.25) is 0 Å². The van der Waals surface area contributed by atoms with Gasteiger partial charge in [-0.2, -0.15) is 0 Å². The molecule has 1 rings (SSSR count). The Labute approximate surface area is 123 Å². The fraction of sp³-hybridized carbons (Fsp3) is 0.467. The van der Waals surface area contributed by atoms with Crippen LogP contribution in [-0.2, 0) is 4.79 Å². The molecule has 0 saturated heterocycles. The number of aliphatic carboxylic acids is 1. The van der Waals surface area contributed by atoms with Crippen molar-refractivity contribution in [3.05, 3.63) is 35.6 Å². The number of carboxylic acid groups (broad SMARTS) is 1. The summed E-state index contributed by atoms with van der Waals surface area (Å²) in [6.45, 7) is 5.38. The molecular formula is C15H21FN2O3. The lowest BCUT2D eigenvalue weighted by Crippen LogP contribution is -2.47. The lowest BCUT2D eigenvalue weighted by Gasteiger charge is -2.20. The molecular weight excluding hydrogens is 275 g/mol. The van der Waals surface area contributed by atoms with E-state index in [1.807, 2.05) is 13.8 Å². The van der Waals surface area contributed by atoms with Crippen molar-refractivity contribution in [3.8, 4) is 0 Å². The van der Waals surface area contributed by atoms with Crippen LogP contribution < -0.4 is 10.6 Å². The number of amides is 2. The fourth-order valence-corrected chi connectivity index (χ4v) is 1.99. The van der Waals surface area contributed by atoms with Crippen molar-refractivity contribution in [2.75, 3.05) is 0 Å². The molecule has 0 aliphatic carbocycles. The molecule has 0 radical (unpaired) electrons. The lowest BCUT2D eigenvalue weighted by molar-refractivity contribution is -0.139. The number of hydrogen-bond acceptors (Lipinski definition) is 2. The van der Waals surface area contributed by atoms with E-state index in [1.54, 1.807) is 25.1 Å². The molecule has 116 valence electrons. The number of carbonyl (C=O) groups is 2. The molecule has 2 unspecified atom stereocenters. The minimum absolute atomic E-state index is 0.135. The Balaban J connectivity index is 2.64. The van der Waals surface area contributed by atoms with Crippen molar-refractivity contribution in [1.29, 1.82) is 0 Å². The molecule has 5 nitrogen and oxygen atoms in total. The number of halogens is 1. The van der Waals surface area contributed by atoms with Gasteiger partial charge in [0.05, 0.1) is 6.04 Å². The second kappa shape index (κ2) is 7.61. The highest BCUT2D eigenvalue weighted by atomic mass is 19.1. The number of nitrogens with one attached hydrogen (secondary N) is 2. The Kier molecular flexibility index (Phi) is 6.14. The van der Waals surface area contributed by atoms with Gasteiger partial charge in [-0.25, -0.2) is 14.0 Å². The van der Waals surface area contributed by atoms with Crippen molar-refractivity contribution in [2.45, 2.75) is 39.3 Å². The van der Waals surface area contributed by atoms with E-state index in [0.29, 0.717) is 12.0 Å². The minimum atomic E-state index is -1.09. The van der Waals surface area contributed by atoms with Gasteiger partial charge in [0.25, 0.3) is 0 Å². The first-order valence-electron chi connectivity index (χ1n) is 6.85. The minimum Gasteiger partial charge on any atom is -0.480 e. The van der Waals surface area contributed by atoms with Gasteiger partial charge >= 0.3 is 12.0 Å². The molecule has 3 N–H and O–H groups in total. The summed E-state index contributed by atoms with van der Waals surface area (Å²) in [6.07, 6.45) is 0.330. The van der Waals surface area contributed by atoms with Crippen molar-refractivity contribution < 1.29 is 19.1 Å². The van der Waals surface area contributed by atoms with E-state index < -0.39 is 29.9 Å². The summed E-state index contributed by atoms with van der Waals surface area (Å²) in [5.41, 5.74) is 0.350. The highest BCUT2D eigenvalue weighted by Crippen LogP contribution is 2.15. The third kappa shape index (κ3) is 5.41. The van der Waals surface area contributed by atoms with Crippen LogP contribution in [0.2, 0.25) is 0 Å². The summed E-state index contributed by atoms with van der Waals surface area (Å²) in [6, 6.07) is 3.98. The fourth-order valence-electron chi connectivity index (χ4n) is 1.99.